The van der Waals surface area contributed by atoms with E-state index in [0.29, 0.717) is 6.04 Å². The van der Waals surface area contributed by atoms with Gasteiger partial charge in [-0.1, -0.05) is 22.0 Å². The lowest BCUT2D eigenvalue weighted by Crippen LogP contribution is -2.45. The Morgan fingerprint density at radius 2 is 2.20 bits per heavy atom. The first-order valence-electron chi connectivity index (χ1n) is 7.15. The van der Waals surface area contributed by atoms with Crippen LogP contribution in [0.2, 0.25) is 0 Å². The quantitative estimate of drug-likeness (QED) is 0.805. The molecule has 0 aromatic heterocycles. The van der Waals surface area contributed by atoms with Crippen molar-refractivity contribution in [2.45, 2.75) is 18.9 Å². The Morgan fingerprint density at radius 3 is 2.85 bits per heavy atom. The van der Waals surface area contributed by atoms with Crippen LogP contribution in [0.15, 0.2) is 35.3 Å². The Labute approximate surface area is 130 Å². The highest BCUT2D eigenvalue weighted by atomic mass is 79.9. The molecule has 1 heterocycles. The van der Waals surface area contributed by atoms with Crippen molar-refractivity contribution < 1.29 is 4.74 Å². The molecule has 0 radical (unpaired) electrons. The van der Waals surface area contributed by atoms with Gasteiger partial charge in [-0.15, -0.1) is 6.58 Å². The van der Waals surface area contributed by atoms with Crippen LogP contribution in [0.25, 0.3) is 0 Å². The van der Waals surface area contributed by atoms with Gasteiger partial charge < -0.3 is 10.1 Å². The molecule has 0 aliphatic carbocycles. The molecule has 0 amide bonds. The number of piperazine rings is 1. The van der Waals surface area contributed by atoms with Crippen LogP contribution in [0.1, 0.15) is 24.4 Å². The van der Waals surface area contributed by atoms with E-state index in [2.05, 4.69) is 38.8 Å². The molecule has 0 saturated carbocycles. The minimum Gasteiger partial charge on any atom is -0.496 e. The van der Waals surface area contributed by atoms with Crippen molar-refractivity contribution >= 4 is 15.9 Å². The third kappa shape index (κ3) is 3.84. The number of nitrogens with zero attached hydrogens (tertiary/aromatic N) is 1. The molecule has 1 aliphatic heterocycles. The average Bonchev–Trinajstić information content (AvgIpc) is 2.49. The molecule has 0 bridgehead atoms. The summed E-state index contributed by atoms with van der Waals surface area (Å²) in [4.78, 5) is 2.55. The van der Waals surface area contributed by atoms with E-state index in [4.69, 9.17) is 4.74 Å². The molecule has 1 aromatic carbocycles. The third-order valence-corrected chi connectivity index (χ3v) is 4.28. The first kappa shape index (κ1) is 15.5. The van der Waals surface area contributed by atoms with Crippen molar-refractivity contribution in [3.05, 3.63) is 40.9 Å². The number of hydrogen-bond acceptors (Lipinski definition) is 3. The van der Waals surface area contributed by atoms with Gasteiger partial charge in [-0.3, -0.25) is 4.90 Å². The average molecular weight is 339 g/mol. The summed E-state index contributed by atoms with van der Waals surface area (Å²) < 4.78 is 6.67. The van der Waals surface area contributed by atoms with Crippen LogP contribution in [0.5, 0.6) is 5.75 Å². The van der Waals surface area contributed by atoms with Gasteiger partial charge in [-0.05, 0) is 31.0 Å². The molecular weight excluding hydrogens is 316 g/mol. The Balaban J connectivity index is 2.28. The van der Waals surface area contributed by atoms with Crippen molar-refractivity contribution in [3.63, 3.8) is 0 Å². The molecule has 1 aromatic rings. The number of hydrogen-bond donors (Lipinski definition) is 1. The summed E-state index contributed by atoms with van der Waals surface area (Å²) in [7, 11) is 1.75. The highest BCUT2D eigenvalue weighted by molar-refractivity contribution is 9.10. The van der Waals surface area contributed by atoms with Crippen LogP contribution in [0.4, 0.5) is 0 Å². The first-order valence-corrected chi connectivity index (χ1v) is 7.94. The monoisotopic (exact) mass is 338 g/mol. The van der Waals surface area contributed by atoms with E-state index >= 15 is 0 Å². The molecule has 1 aliphatic rings. The predicted octanol–water partition coefficient (Wildman–Crippen LogP) is 3.37. The van der Waals surface area contributed by atoms with Crippen LogP contribution in [0, 0.1) is 0 Å². The fourth-order valence-electron chi connectivity index (χ4n) is 2.77. The summed E-state index contributed by atoms with van der Waals surface area (Å²) in [6, 6.07) is 6.66. The van der Waals surface area contributed by atoms with E-state index in [9.17, 15) is 0 Å². The first-order chi connectivity index (χ1) is 9.76. The van der Waals surface area contributed by atoms with Gasteiger partial charge in [0.2, 0.25) is 0 Å². The number of nitrogens with one attached hydrogen (secondary N) is 1. The van der Waals surface area contributed by atoms with Crippen LogP contribution >= 0.6 is 15.9 Å². The van der Waals surface area contributed by atoms with Gasteiger partial charge >= 0.3 is 0 Å². The van der Waals surface area contributed by atoms with Gasteiger partial charge in [-0.2, -0.15) is 0 Å². The van der Waals surface area contributed by atoms with Gasteiger partial charge in [0.15, 0.2) is 0 Å². The van der Waals surface area contributed by atoms with E-state index in [1.807, 2.05) is 18.2 Å². The number of ether oxygens (including phenoxy) is 1. The molecule has 110 valence electrons. The Bertz CT molecular complexity index is 444. The van der Waals surface area contributed by atoms with E-state index in [1.165, 1.54) is 5.56 Å². The zero-order chi connectivity index (χ0) is 14.4. The van der Waals surface area contributed by atoms with Crippen LogP contribution in [-0.4, -0.2) is 38.2 Å². The maximum atomic E-state index is 5.56. The lowest BCUT2D eigenvalue weighted by Gasteiger charge is -2.35. The summed E-state index contributed by atoms with van der Waals surface area (Å²) >= 11 is 3.58. The molecule has 0 unspecified atom stereocenters. The zero-order valence-corrected chi connectivity index (χ0v) is 13.7. The predicted molar refractivity (Wildman–Crippen MR) is 87.3 cm³/mol. The minimum absolute atomic E-state index is 0.391. The molecule has 1 fully saturated rings. The summed E-state index contributed by atoms with van der Waals surface area (Å²) in [5, 5.41) is 3.41. The normalized spacial score (nSPS) is 17.7. The summed E-state index contributed by atoms with van der Waals surface area (Å²) in [6.45, 7) is 8.13. The molecular formula is C16H23BrN2O. The second-order valence-corrected chi connectivity index (χ2v) is 5.97. The Kier molecular flexibility index (Phi) is 6.07. The molecule has 4 heteroatoms. The number of allylic oxidation sites excluding steroid dienone is 1. The molecule has 20 heavy (non-hydrogen) atoms. The maximum absolute atomic E-state index is 5.56. The van der Waals surface area contributed by atoms with Crippen molar-refractivity contribution in [3.8, 4) is 5.75 Å². The topological polar surface area (TPSA) is 24.5 Å². The fraction of sp³-hybridized carbons (Fsp3) is 0.500. The van der Waals surface area contributed by atoms with Gasteiger partial charge in [0.25, 0.3) is 0 Å². The number of rotatable bonds is 6. The van der Waals surface area contributed by atoms with Crippen LogP contribution in [0.3, 0.4) is 0 Å². The molecule has 1 N–H and O–H groups in total. The van der Waals surface area contributed by atoms with Crippen molar-refractivity contribution in [2.75, 3.05) is 33.3 Å². The van der Waals surface area contributed by atoms with Crippen LogP contribution < -0.4 is 10.1 Å². The second-order valence-electron chi connectivity index (χ2n) is 5.05. The molecule has 2 rings (SSSR count). The standard InChI is InChI=1S/C16H23BrN2O/c1-3-4-5-15(19-10-8-18-9-11-19)14-12-13(17)6-7-16(14)20-2/h3,6-7,12,15,18H,1,4-5,8-11H2,2H3/t15-/m0/s1. The summed E-state index contributed by atoms with van der Waals surface area (Å²) in [6.07, 6.45) is 4.10. The van der Waals surface area contributed by atoms with Crippen LogP contribution in [-0.2, 0) is 0 Å². The summed E-state index contributed by atoms with van der Waals surface area (Å²) in [5.41, 5.74) is 1.27. The lowest BCUT2D eigenvalue weighted by atomic mass is 9.98. The number of methoxy groups -OCH3 is 1. The van der Waals surface area contributed by atoms with Crippen molar-refractivity contribution in [1.82, 2.24) is 10.2 Å². The molecule has 1 saturated heterocycles. The van der Waals surface area contributed by atoms with Crippen molar-refractivity contribution in [2.24, 2.45) is 0 Å². The largest absolute Gasteiger partial charge is 0.496 e. The zero-order valence-electron chi connectivity index (χ0n) is 12.1. The van der Waals surface area contributed by atoms with Gasteiger partial charge in [-0.25, -0.2) is 0 Å². The van der Waals surface area contributed by atoms with Gasteiger partial charge in [0, 0.05) is 42.3 Å². The Hall–Kier alpha value is -0.840. The number of benzene rings is 1. The third-order valence-electron chi connectivity index (χ3n) is 3.79. The second kappa shape index (κ2) is 7.81. The van der Waals surface area contributed by atoms with Gasteiger partial charge in [0.05, 0.1) is 7.11 Å². The highest BCUT2D eigenvalue weighted by Gasteiger charge is 2.24. The van der Waals surface area contributed by atoms with E-state index in [-0.39, 0.29) is 0 Å². The smallest absolute Gasteiger partial charge is 0.123 e. The van der Waals surface area contributed by atoms with E-state index < -0.39 is 0 Å². The minimum atomic E-state index is 0.391. The maximum Gasteiger partial charge on any atom is 0.123 e. The summed E-state index contributed by atoms with van der Waals surface area (Å²) in [5.74, 6) is 0.973. The van der Waals surface area contributed by atoms with Gasteiger partial charge in [0.1, 0.15) is 5.75 Å². The van der Waals surface area contributed by atoms with E-state index in [0.717, 1.165) is 49.2 Å². The molecule has 1 atom stereocenters. The molecule has 0 spiro atoms. The Morgan fingerprint density at radius 1 is 1.45 bits per heavy atom. The SMILES string of the molecule is C=CCC[C@@H](c1cc(Br)ccc1OC)N1CCNCC1. The van der Waals surface area contributed by atoms with Crippen molar-refractivity contribution in [1.29, 1.82) is 0 Å². The number of halogens is 1. The highest BCUT2D eigenvalue weighted by Crippen LogP contribution is 2.35. The molecule has 3 nitrogen and oxygen atoms in total. The lowest BCUT2D eigenvalue weighted by molar-refractivity contribution is 0.163. The van der Waals surface area contributed by atoms with E-state index in [1.54, 1.807) is 7.11 Å². The fourth-order valence-corrected chi connectivity index (χ4v) is 3.15.